The van der Waals surface area contributed by atoms with Crippen LogP contribution in [0.25, 0.3) is 0 Å². The summed E-state index contributed by atoms with van der Waals surface area (Å²) in [5.74, 6) is 1.27. The maximum absolute atomic E-state index is 12.0. The van der Waals surface area contributed by atoms with Gasteiger partial charge in [-0.25, -0.2) is 0 Å². The molecule has 1 amide bonds. The van der Waals surface area contributed by atoms with Crippen LogP contribution >= 0.6 is 0 Å². The van der Waals surface area contributed by atoms with Crippen molar-refractivity contribution in [3.63, 3.8) is 0 Å². The van der Waals surface area contributed by atoms with Crippen molar-refractivity contribution in [2.75, 3.05) is 26.2 Å². The van der Waals surface area contributed by atoms with E-state index in [1.165, 1.54) is 0 Å². The van der Waals surface area contributed by atoms with Gasteiger partial charge in [-0.15, -0.1) is 0 Å². The van der Waals surface area contributed by atoms with Crippen LogP contribution in [0.4, 0.5) is 0 Å². The van der Waals surface area contributed by atoms with Crippen LogP contribution < -0.4 is 10.6 Å². The summed E-state index contributed by atoms with van der Waals surface area (Å²) in [7, 11) is 0. The predicted molar refractivity (Wildman–Crippen MR) is 80.1 cm³/mol. The van der Waals surface area contributed by atoms with Gasteiger partial charge in [0.2, 0.25) is 5.91 Å². The Balaban J connectivity index is 2.33. The molecule has 19 heavy (non-hydrogen) atoms. The molecule has 0 aromatic rings. The fraction of sp³-hybridized carbons (Fsp3) is 0.933. The van der Waals surface area contributed by atoms with Gasteiger partial charge in [0, 0.05) is 25.2 Å². The van der Waals surface area contributed by atoms with Crippen LogP contribution in [-0.4, -0.2) is 49.1 Å². The van der Waals surface area contributed by atoms with Crippen LogP contribution in [0.15, 0.2) is 0 Å². The van der Waals surface area contributed by atoms with Gasteiger partial charge in [-0.1, -0.05) is 27.7 Å². The first-order chi connectivity index (χ1) is 8.93. The number of hydrogen-bond donors (Lipinski definition) is 2. The molecule has 1 aliphatic rings. The summed E-state index contributed by atoms with van der Waals surface area (Å²) >= 11 is 0. The summed E-state index contributed by atoms with van der Waals surface area (Å²) in [5, 5.41) is 6.61. The number of carbonyl (C=O) groups excluding carboxylic acids is 1. The number of amides is 1. The highest BCUT2D eigenvalue weighted by molar-refractivity contribution is 5.78. The molecule has 0 aliphatic carbocycles. The molecule has 0 spiro atoms. The summed E-state index contributed by atoms with van der Waals surface area (Å²) in [4.78, 5) is 14.3. The Hall–Kier alpha value is -0.610. The molecule has 3 atom stereocenters. The number of rotatable bonds is 6. The molecule has 1 fully saturated rings. The van der Waals surface area contributed by atoms with Crippen LogP contribution in [0, 0.1) is 11.8 Å². The van der Waals surface area contributed by atoms with E-state index >= 15 is 0 Å². The Morgan fingerprint density at radius 2 is 2.05 bits per heavy atom. The Kier molecular flexibility index (Phi) is 6.80. The Labute approximate surface area is 118 Å². The summed E-state index contributed by atoms with van der Waals surface area (Å²) in [6.45, 7) is 14.4. The summed E-state index contributed by atoms with van der Waals surface area (Å²) < 4.78 is 0. The zero-order valence-electron chi connectivity index (χ0n) is 13.2. The number of hydrogen-bond acceptors (Lipinski definition) is 3. The normalized spacial score (nSPS) is 26.4. The second kappa shape index (κ2) is 7.85. The molecule has 112 valence electrons. The molecular formula is C15H31N3O. The summed E-state index contributed by atoms with van der Waals surface area (Å²) in [6.07, 6.45) is 1.14. The molecular weight excluding hydrogens is 238 g/mol. The van der Waals surface area contributed by atoms with Crippen LogP contribution in [0.1, 0.15) is 41.0 Å². The van der Waals surface area contributed by atoms with Gasteiger partial charge >= 0.3 is 0 Å². The number of nitrogens with one attached hydrogen (secondary N) is 2. The fourth-order valence-corrected chi connectivity index (χ4v) is 2.61. The van der Waals surface area contributed by atoms with E-state index < -0.39 is 0 Å². The highest BCUT2D eigenvalue weighted by Crippen LogP contribution is 2.16. The second-order valence-corrected chi connectivity index (χ2v) is 6.27. The fourth-order valence-electron chi connectivity index (χ4n) is 2.61. The van der Waals surface area contributed by atoms with Crippen LogP contribution in [-0.2, 0) is 4.79 Å². The lowest BCUT2D eigenvalue weighted by Gasteiger charge is -2.37. The third-order valence-electron chi connectivity index (χ3n) is 4.21. The van der Waals surface area contributed by atoms with E-state index in [1.54, 1.807) is 0 Å². The minimum absolute atomic E-state index is 0.162. The van der Waals surface area contributed by atoms with E-state index in [1.807, 2.05) is 0 Å². The first kappa shape index (κ1) is 16.4. The molecule has 0 bridgehead atoms. The number of nitrogens with zero attached hydrogens (tertiary/aromatic N) is 1. The van der Waals surface area contributed by atoms with Gasteiger partial charge in [0.1, 0.15) is 0 Å². The Morgan fingerprint density at radius 3 is 2.58 bits per heavy atom. The monoisotopic (exact) mass is 269 g/mol. The van der Waals surface area contributed by atoms with E-state index in [2.05, 4.69) is 50.2 Å². The van der Waals surface area contributed by atoms with E-state index in [-0.39, 0.29) is 11.9 Å². The third-order valence-corrected chi connectivity index (χ3v) is 4.21. The SMILES string of the molecule is CCNC1CCN(CC(=O)NC(C)C(C)C)CC1C. The number of carbonyl (C=O) groups is 1. The van der Waals surface area contributed by atoms with Crippen molar-refractivity contribution in [3.05, 3.63) is 0 Å². The van der Waals surface area contributed by atoms with Crippen molar-refractivity contribution < 1.29 is 4.79 Å². The first-order valence-corrected chi connectivity index (χ1v) is 7.69. The van der Waals surface area contributed by atoms with Gasteiger partial charge in [-0.2, -0.15) is 0 Å². The molecule has 1 saturated heterocycles. The molecule has 4 nitrogen and oxygen atoms in total. The molecule has 3 unspecified atom stereocenters. The van der Waals surface area contributed by atoms with Gasteiger partial charge in [-0.05, 0) is 31.7 Å². The van der Waals surface area contributed by atoms with E-state index in [0.29, 0.717) is 24.4 Å². The molecule has 1 aliphatic heterocycles. The zero-order valence-corrected chi connectivity index (χ0v) is 13.2. The lowest BCUT2D eigenvalue weighted by atomic mass is 9.94. The quantitative estimate of drug-likeness (QED) is 0.767. The van der Waals surface area contributed by atoms with Crippen molar-refractivity contribution in [2.45, 2.75) is 53.1 Å². The standard InChI is InChI=1S/C15H31N3O/c1-6-16-14-7-8-18(9-12(14)4)10-15(19)17-13(5)11(2)3/h11-14,16H,6-10H2,1-5H3,(H,17,19). The molecule has 0 aromatic heterocycles. The maximum atomic E-state index is 12.0. The Bertz CT molecular complexity index is 281. The topological polar surface area (TPSA) is 44.4 Å². The van der Waals surface area contributed by atoms with Gasteiger partial charge < -0.3 is 10.6 Å². The van der Waals surface area contributed by atoms with Crippen LogP contribution in [0.2, 0.25) is 0 Å². The van der Waals surface area contributed by atoms with Gasteiger partial charge in [0.15, 0.2) is 0 Å². The predicted octanol–water partition coefficient (Wildman–Crippen LogP) is 1.47. The van der Waals surface area contributed by atoms with Gasteiger partial charge in [0.25, 0.3) is 0 Å². The molecule has 0 aromatic carbocycles. The second-order valence-electron chi connectivity index (χ2n) is 6.27. The third kappa shape index (κ3) is 5.49. The van der Waals surface area contributed by atoms with Crippen molar-refractivity contribution in [3.8, 4) is 0 Å². The minimum Gasteiger partial charge on any atom is -0.352 e. The average molecular weight is 269 g/mol. The highest BCUT2D eigenvalue weighted by atomic mass is 16.2. The summed E-state index contributed by atoms with van der Waals surface area (Å²) in [5.41, 5.74) is 0. The van der Waals surface area contributed by atoms with Gasteiger partial charge in [-0.3, -0.25) is 9.69 Å². The van der Waals surface area contributed by atoms with E-state index in [0.717, 1.165) is 26.1 Å². The van der Waals surface area contributed by atoms with Gasteiger partial charge in [0.05, 0.1) is 6.54 Å². The number of likely N-dealkylation sites (tertiary alicyclic amines) is 1. The minimum atomic E-state index is 0.162. The van der Waals surface area contributed by atoms with Crippen molar-refractivity contribution >= 4 is 5.91 Å². The van der Waals surface area contributed by atoms with E-state index in [9.17, 15) is 4.79 Å². The highest BCUT2D eigenvalue weighted by Gasteiger charge is 2.26. The maximum Gasteiger partial charge on any atom is 0.234 e. The molecule has 4 heteroatoms. The molecule has 1 rings (SSSR count). The zero-order chi connectivity index (χ0) is 14.4. The lowest BCUT2D eigenvalue weighted by Crippen LogP contribution is -2.51. The van der Waals surface area contributed by atoms with E-state index in [4.69, 9.17) is 0 Å². The Morgan fingerprint density at radius 1 is 1.37 bits per heavy atom. The molecule has 0 saturated carbocycles. The average Bonchev–Trinajstić information content (AvgIpc) is 2.32. The molecule has 2 N–H and O–H groups in total. The summed E-state index contributed by atoms with van der Waals surface area (Å²) in [6, 6.07) is 0.864. The molecule has 0 radical (unpaired) electrons. The lowest BCUT2D eigenvalue weighted by molar-refractivity contribution is -0.123. The smallest absolute Gasteiger partial charge is 0.234 e. The van der Waals surface area contributed by atoms with Crippen LogP contribution in [0.5, 0.6) is 0 Å². The molecule has 1 heterocycles. The van der Waals surface area contributed by atoms with Crippen molar-refractivity contribution in [1.29, 1.82) is 0 Å². The largest absolute Gasteiger partial charge is 0.352 e. The first-order valence-electron chi connectivity index (χ1n) is 7.69. The van der Waals surface area contributed by atoms with Crippen molar-refractivity contribution in [1.82, 2.24) is 15.5 Å². The van der Waals surface area contributed by atoms with Crippen LogP contribution in [0.3, 0.4) is 0 Å². The number of piperidine rings is 1. The van der Waals surface area contributed by atoms with Crippen molar-refractivity contribution in [2.24, 2.45) is 11.8 Å².